The fourth-order valence-corrected chi connectivity index (χ4v) is 2.97. The molecule has 1 aliphatic heterocycles. The second-order valence-electron chi connectivity index (χ2n) is 6.30. The van der Waals surface area contributed by atoms with Crippen LogP contribution in [0.2, 0.25) is 0 Å². The molecule has 1 heterocycles. The van der Waals surface area contributed by atoms with Crippen LogP contribution < -0.4 is 0 Å². The average molecular weight is 393 g/mol. The number of hydrogen-bond acceptors (Lipinski definition) is 4. The Kier molecular flexibility index (Phi) is 5.69. The average Bonchev–Trinajstić information content (AvgIpc) is 2.72. The van der Waals surface area contributed by atoms with Gasteiger partial charge in [-0.15, -0.1) is 0 Å². The highest BCUT2D eigenvalue weighted by Crippen LogP contribution is 2.31. The largest absolute Gasteiger partial charge is 0.465 e. The zero-order valence-corrected chi connectivity index (χ0v) is 15.0. The molecule has 1 atom stereocenters. The lowest BCUT2D eigenvalue weighted by molar-refractivity contribution is -0.137. The van der Waals surface area contributed by atoms with Gasteiger partial charge in [0, 0.05) is 12.1 Å². The molecule has 0 aliphatic carbocycles. The number of nitrogens with zero attached hydrogens (tertiary/aromatic N) is 1. The molecular weight excluding hydrogens is 375 g/mol. The minimum absolute atomic E-state index is 0.225. The summed E-state index contributed by atoms with van der Waals surface area (Å²) in [6, 6.07) is 10.8. The predicted octanol–water partition coefficient (Wildman–Crippen LogP) is 3.71. The predicted molar refractivity (Wildman–Crippen MR) is 93.8 cm³/mol. The lowest BCUT2D eigenvalue weighted by Crippen LogP contribution is -2.42. The second-order valence-corrected chi connectivity index (χ2v) is 6.30. The number of rotatable bonds is 3. The van der Waals surface area contributed by atoms with Crippen molar-refractivity contribution in [1.29, 1.82) is 0 Å². The summed E-state index contributed by atoms with van der Waals surface area (Å²) in [7, 11) is 1.27. The summed E-state index contributed by atoms with van der Waals surface area (Å²) in [5.41, 5.74) is 0.585. The first kappa shape index (κ1) is 19.9. The number of carbonyl (C=O) groups excluding carboxylic acids is 2. The summed E-state index contributed by atoms with van der Waals surface area (Å²) >= 11 is 0. The van der Waals surface area contributed by atoms with Crippen molar-refractivity contribution >= 4 is 11.9 Å². The molecule has 5 nitrogen and oxygen atoms in total. The number of amides is 1. The van der Waals surface area contributed by atoms with E-state index in [-0.39, 0.29) is 19.1 Å². The maximum atomic E-state index is 12.7. The monoisotopic (exact) mass is 393 g/mol. The first-order chi connectivity index (χ1) is 13.3. The number of methoxy groups -OCH3 is 1. The highest BCUT2D eigenvalue weighted by Gasteiger charge is 2.31. The van der Waals surface area contributed by atoms with Crippen LogP contribution in [0.5, 0.6) is 0 Å². The van der Waals surface area contributed by atoms with Crippen LogP contribution in [0.15, 0.2) is 48.5 Å². The van der Waals surface area contributed by atoms with Gasteiger partial charge >= 0.3 is 12.1 Å². The first-order valence-corrected chi connectivity index (χ1v) is 8.56. The highest BCUT2D eigenvalue weighted by molar-refractivity contribution is 5.96. The van der Waals surface area contributed by atoms with Crippen LogP contribution >= 0.6 is 0 Å². The lowest BCUT2D eigenvalue weighted by atomic mass is 10.0. The van der Waals surface area contributed by atoms with Gasteiger partial charge in [-0.05, 0) is 42.0 Å². The zero-order valence-electron chi connectivity index (χ0n) is 15.0. The van der Waals surface area contributed by atoms with Crippen LogP contribution in [-0.4, -0.2) is 43.6 Å². The van der Waals surface area contributed by atoms with Crippen molar-refractivity contribution in [1.82, 2.24) is 4.90 Å². The molecule has 2 aromatic rings. The number of alkyl halides is 3. The molecule has 8 heteroatoms. The Hall–Kier alpha value is -2.87. The van der Waals surface area contributed by atoms with E-state index in [4.69, 9.17) is 4.74 Å². The Morgan fingerprint density at radius 3 is 2.21 bits per heavy atom. The molecule has 3 rings (SSSR count). The number of halogens is 3. The minimum Gasteiger partial charge on any atom is -0.465 e. The van der Waals surface area contributed by atoms with Crippen molar-refractivity contribution in [2.75, 3.05) is 26.8 Å². The molecule has 1 aliphatic rings. The van der Waals surface area contributed by atoms with E-state index in [1.54, 1.807) is 4.90 Å². The van der Waals surface area contributed by atoms with Gasteiger partial charge in [-0.3, -0.25) is 4.79 Å². The van der Waals surface area contributed by atoms with Crippen molar-refractivity contribution in [3.8, 4) is 0 Å². The van der Waals surface area contributed by atoms with Gasteiger partial charge in [-0.25, -0.2) is 4.79 Å². The van der Waals surface area contributed by atoms with Crippen LogP contribution in [-0.2, 0) is 15.7 Å². The molecule has 0 aromatic heterocycles. The van der Waals surface area contributed by atoms with Gasteiger partial charge in [0.25, 0.3) is 5.91 Å². The summed E-state index contributed by atoms with van der Waals surface area (Å²) < 4.78 is 48.4. The lowest BCUT2D eigenvalue weighted by Gasteiger charge is -2.33. The van der Waals surface area contributed by atoms with Crippen LogP contribution in [0.25, 0.3) is 0 Å². The van der Waals surface area contributed by atoms with E-state index in [9.17, 15) is 22.8 Å². The molecule has 0 saturated carbocycles. The fraction of sp³-hybridized carbons (Fsp3) is 0.300. The Labute approximate surface area is 159 Å². The molecule has 28 heavy (non-hydrogen) atoms. The molecule has 0 N–H and O–H groups in total. The van der Waals surface area contributed by atoms with Crippen LogP contribution in [0.1, 0.15) is 37.9 Å². The van der Waals surface area contributed by atoms with Crippen LogP contribution in [0, 0.1) is 0 Å². The van der Waals surface area contributed by atoms with E-state index < -0.39 is 23.8 Å². The summed E-state index contributed by atoms with van der Waals surface area (Å²) in [4.78, 5) is 25.8. The molecule has 148 valence electrons. The van der Waals surface area contributed by atoms with E-state index in [2.05, 4.69) is 4.74 Å². The zero-order chi connectivity index (χ0) is 20.3. The Morgan fingerprint density at radius 2 is 1.64 bits per heavy atom. The summed E-state index contributed by atoms with van der Waals surface area (Å²) in [5, 5.41) is 0. The number of esters is 1. The number of ether oxygens (including phenoxy) is 2. The topological polar surface area (TPSA) is 55.8 Å². The number of carbonyl (C=O) groups is 2. The summed E-state index contributed by atoms with van der Waals surface area (Å²) in [5.74, 6) is -0.732. The van der Waals surface area contributed by atoms with E-state index in [0.717, 1.165) is 12.1 Å². The normalized spacial score (nSPS) is 17.3. The van der Waals surface area contributed by atoms with Crippen molar-refractivity contribution in [3.63, 3.8) is 0 Å². The number of hydrogen-bond donors (Lipinski definition) is 0. The van der Waals surface area contributed by atoms with E-state index in [1.807, 2.05) is 0 Å². The van der Waals surface area contributed by atoms with Gasteiger partial charge in [0.05, 0.1) is 31.4 Å². The highest BCUT2D eigenvalue weighted by atomic mass is 19.4. The van der Waals surface area contributed by atoms with Gasteiger partial charge in [0.1, 0.15) is 6.10 Å². The number of benzene rings is 2. The molecule has 0 spiro atoms. The molecule has 0 radical (unpaired) electrons. The van der Waals surface area contributed by atoms with Crippen molar-refractivity contribution in [2.45, 2.75) is 12.3 Å². The fourth-order valence-electron chi connectivity index (χ4n) is 2.97. The van der Waals surface area contributed by atoms with Gasteiger partial charge in [0.15, 0.2) is 0 Å². The maximum Gasteiger partial charge on any atom is 0.416 e. The van der Waals surface area contributed by atoms with Gasteiger partial charge in [-0.2, -0.15) is 13.2 Å². The van der Waals surface area contributed by atoms with Gasteiger partial charge < -0.3 is 14.4 Å². The third-order valence-electron chi connectivity index (χ3n) is 4.52. The van der Waals surface area contributed by atoms with Crippen molar-refractivity contribution < 1.29 is 32.2 Å². The molecule has 1 saturated heterocycles. The maximum absolute atomic E-state index is 12.7. The van der Waals surface area contributed by atoms with E-state index in [1.165, 1.54) is 43.5 Å². The SMILES string of the molecule is COC(=O)c1ccc(C(=O)N2CCO[C@@H](c3ccc(C(F)(F)F)cc3)C2)cc1. The van der Waals surface area contributed by atoms with Crippen molar-refractivity contribution in [2.24, 2.45) is 0 Å². The number of morpholine rings is 1. The molecule has 1 amide bonds. The Morgan fingerprint density at radius 1 is 1.04 bits per heavy atom. The van der Waals surface area contributed by atoms with Gasteiger partial charge in [-0.1, -0.05) is 12.1 Å². The summed E-state index contributed by atoms with van der Waals surface area (Å²) in [6.45, 7) is 0.870. The van der Waals surface area contributed by atoms with Gasteiger partial charge in [0.2, 0.25) is 0 Å². The molecule has 0 unspecified atom stereocenters. The van der Waals surface area contributed by atoms with Crippen molar-refractivity contribution in [3.05, 3.63) is 70.8 Å². The third-order valence-corrected chi connectivity index (χ3v) is 4.52. The molecule has 0 bridgehead atoms. The minimum atomic E-state index is -4.40. The standard InChI is InChI=1S/C20H18F3NO4/c1-27-19(26)15-4-2-14(3-5-15)18(25)24-10-11-28-17(12-24)13-6-8-16(9-7-13)20(21,22)23/h2-9,17H,10-12H2,1H3/t17-/m1/s1. The van der Waals surface area contributed by atoms with Crippen LogP contribution in [0.3, 0.4) is 0 Å². The molecular formula is C20H18F3NO4. The van der Waals surface area contributed by atoms with Crippen LogP contribution in [0.4, 0.5) is 13.2 Å². The Bertz CT molecular complexity index is 847. The third kappa shape index (κ3) is 4.33. The summed E-state index contributed by atoms with van der Waals surface area (Å²) in [6.07, 6.45) is -4.90. The van der Waals surface area contributed by atoms with E-state index >= 15 is 0 Å². The molecule has 1 fully saturated rings. The smallest absolute Gasteiger partial charge is 0.416 e. The Balaban J connectivity index is 1.70. The second kappa shape index (κ2) is 8.02. The molecule has 2 aromatic carbocycles. The van der Waals surface area contributed by atoms with E-state index in [0.29, 0.717) is 23.2 Å². The first-order valence-electron chi connectivity index (χ1n) is 8.56. The quantitative estimate of drug-likeness (QED) is 0.746.